The molecule has 0 heterocycles. The highest BCUT2D eigenvalue weighted by Crippen LogP contribution is 2.29. The van der Waals surface area contributed by atoms with Gasteiger partial charge in [-0.2, -0.15) is 4.21 Å². The van der Waals surface area contributed by atoms with Gasteiger partial charge < -0.3 is 4.18 Å². The number of hydrogen-bond acceptors (Lipinski definition) is 3. The van der Waals surface area contributed by atoms with Crippen LogP contribution in [0.2, 0.25) is 0 Å². The predicted molar refractivity (Wildman–Crippen MR) is 48.0 cm³/mol. The Hall–Kier alpha value is -0.420. The summed E-state index contributed by atoms with van der Waals surface area (Å²) in [6.07, 6.45) is 3.55. The van der Waals surface area contributed by atoms with Gasteiger partial charge >= 0.3 is 17.3 Å². The molecule has 1 fully saturated rings. The second kappa shape index (κ2) is 4.72. The molecule has 5 heteroatoms. The van der Waals surface area contributed by atoms with Crippen molar-refractivity contribution >= 4 is 17.3 Å². The van der Waals surface area contributed by atoms with Crippen LogP contribution in [0.4, 0.5) is 0 Å². The Morgan fingerprint density at radius 1 is 1.38 bits per heavy atom. The molecule has 76 valence electrons. The molecule has 0 radical (unpaired) electrons. The third kappa shape index (κ3) is 3.44. The molecule has 0 spiro atoms. The van der Waals surface area contributed by atoms with Crippen LogP contribution in [0.5, 0.6) is 0 Å². The first kappa shape index (κ1) is 10.7. The lowest BCUT2D eigenvalue weighted by atomic mass is 9.83. The summed E-state index contributed by atoms with van der Waals surface area (Å²) >= 11 is -2.46. The Bertz CT molecular complexity index is 208. The van der Waals surface area contributed by atoms with Gasteiger partial charge in [-0.3, -0.25) is 9.35 Å². The average Bonchev–Trinajstić information content (AvgIpc) is 2.04. The minimum absolute atomic E-state index is 0.174. The highest BCUT2D eigenvalue weighted by atomic mass is 32.2. The molecule has 0 aromatic carbocycles. The maximum Gasteiger partial charge on any atom is 0.360 e. The highest BCUT2D eigenvalue weighted by molar-refractivity contribution is 7.74. The lowest BCUT2D eigenvalue weighted by Gasteiger charge is -2.23. The zero-order valence-corrected chi connectivity index (χ0v) is 8.38. The fourth-order valence-electron chi connectivity index (χ4n) is 1.63. The van der Waals surface area contributed by atoms with Gasteiger partial charge in [0.15, 0.2) is 0 Å². The van der Waals surface area contributed by atoms with Crippen molar-refractivity contribution in [2.24, 2.45) is 11.8 Å². The van der Waals surface area contributed by atoms with Crippen molar-refractivity contribution < 1.29 is 17.7 Å². The molecule has 13 heavy (non-hydrogen) atoms. The summed E-state index contributed by atoms with van der Waals surface area (Å²) in [6.45, 7) is 2.14. The van der Waals surface area contributed by atoms with Crippen LogP contribution < -0.4 is 0 Å². The van der Waals surface area contributed by atoms with Crippen molar-refractivity contribution in [3.63, 3.8) is 0 Å². The van der Waals surface area contributed by atoms with Gasteiger partial charge in [0, 0.05) is 0 Å². The molecule has 0 bridgehead atoms. The van der Waals surface area contributed by atoms with Crippen molar-refractivity contribution in [2.75, 3.05) is 0 Å². The minimum Gasteiger partial charge on any atom is -0.343 e. The normalized spacial score (nSPS) is 30.9. The molecule has 0 amide bonds. The summed E-state index contributed by atoms with van der Waals surface area (Å²) in [6, 6.07) is 0. The van der Waals surface area contributed by atoms with E-state index in [-0.39, 0.29) is 5.92 Å². The van der Waals surface area contributed by atoms with Crippen molar-refractivity contribution in [1.82, 2.24) is 0 Å². The maximum atomic E-state index is 11.1. The van der Waals surface area contributed by atoms with E-state index in [4.69, 9.17) is 4.55 Å². The Morgan fingerprint density at radius 2 is 1.92 bits per heavy atom. The third-order valence-electron chi connectivity index (χ3n) is 2.50. The first-order chi connectivity index (χ1) is 6.09. The molecule has 1 N–H and O–H groups in total. The van der Waals surface area contributed by atoms with Gasteiger partial charge in [0.05, 0.1) is 5.92 Å². The molecular formula is C8H14O4S. The number of hydrogen-bond donors (Lipinski definition) is 1. The van der Waals surface area contributed by atoms with Crippen LogP contribution in [0.3, 0.4) is 0 Å². The lowest BCUT2D eigenvalue weighted by molar-refractivity contribution is -0.139. The quantitative estimate of drug-likeness (QED) is 0.695. The van der Waals surface area contributed by atoms with Gasteiger partial charge in [0.2, 0.25) is 0 Å². The lowest BCUT2D eigenvalue weighted by Crippen LogP contribution is -2.23. The summed E-state index contributed by atoms with van der Waals surface area (Å²) in [5.74, 6) is -0.0521. The molecule has 0 aliphatic heterocycles. The van der Waals surface area contributed by atoms with Gasteiger partial charge in [-0.05, 0) is 31.6 Å². The van der Waals surface area contributed by atoms with E-state index in [1.807, 2.05) is 0 Å². The van der Waals surface area contributed by atoms with E-state index >= 15 is 0 Å². The Morgan fingerprint density at radius 3 is 2.38 bits per heavy atom. The van der Waals surface area contributed by atoms with E-state index in [1.165, 1.54) is 0 Å². The van der Waals surface area contributed by atoms with Gasteiger partial charge in [0.25, 0.3) is 0 Å². The minimum atomic E-state index is -2.46. The molecule has 0 saturated heterocycles. The molecule has 0 aromatic heterocycles. The first-order valence-corrected chi connectivity index (χ1v) is 5.45. The molecule has 1 aliphatic rings. The van der Waals surface area contributed by atoms with Crippen LogP contribution in [0.25, 0.3) is 0 Å². The van der Waals surface area contributed by atoms with E-state index in [9.17, 15) is 9.00 Å². The zero-order chi connectivity index (χ0) is 9.84. The Kier molecular flexibility index (Phi) is 3.87. The van der Waals surface area contributed by atoms with Gasteiger partial charge in [-0.15, -0.1) is 0 Å². The van der Waals surface area contributed by atoms with Crippen molar-refractivity contribution in [3.05, 3.63) is 0 Å². The van der Waals surface area contributed by atoms with Crippen LogP contribution in [0, 0.1) is 11.8 Å². The fraction of sp³-hybridized carbons (Fsp3) is 0.875. The van der Waals surface area contributed by atoms with Crippen LogP contribution >= 0.6 is 0 Å². The monoisotopic (exact) mass is 206 g/mol. The summed E-state index contributed by atoms with van der Waals surface area (Å²) < 4.78 is 22.7. The Labute approximate surface area is 80.1 Å². The van der Waals surface area contributed by atoms with Crippen molar-refractivity contribution in [2.45, 2.75) is 32.6 Å². The van der Waals surface area contributed by atoms with E-state index in [2.05, 4.69) is 11.1 Å². The SMILES string of the molecule is CC1CCC(C(=O)OS(=O)O)CC1. The van der Waals surface area contributed by atoms with Crippen molar-refractivity contribution in [3.8, 4) is 0 Å². The summed E-state index contributed by atoms with van der Waals surface area (Å²) in [5.41, 5.74) is 0. The molecular weight excluding hydrogens is 192 g/mol. The standard InChI is InChI=1S/C8H14O4S/c1-6-2-4-7(5-3-6)8(9)12-13(10)11/h6-7H,2-5H2,1H3,(H,10,11). The molecule has 1 aliphatic carbocycles. The predicted octanol–water partition coefficient (Wildman–Crippen LogP) is 1.49. The van der Waals surface area contributed by atoms with E-state index in [0.717, 1.165) is 25.7 Å². The van der Waals surface area contributed by atoms with E-state index in [0.29, 0.717) is 5.92 Å². The molecule has 1 atom stereocenters. The largest absolute Gasteiger partial charge is 0.360 e. The summed E-state index contributed by atoms with van der Waals surface area (Å²) in [5, 5.41) is 0. The van der Waals surface area contributed by atoms with Crippen LogP contribution in [-0.4, -0.2) is 14.7 Å². The molecule has 0 aromatic rings. The number of rotatable bonds is 2. The van der Waals surface area contributed by atoms with Crippen LogP contribution in [0.15, 0.2) is 0 Å². The second-order valence-electron chi connectivity index (χ2n) is 3.58. The highest BCUT2D eigenvalue weighted by Gasteiger charge is 2.26. The number of carbonyl (C=O) groups excluding carboxylic acids is 1. The summed E-state index contributed by atoms with van der Waals surface area (Å²) in [4.78, 5) is 11.1. The molecule has 1 saturated carbocycles. The van der Waals surface area contributed by atoms with Gasteiger partial charge in [-0.25, -0.2) is 0 Å². The Balaban J connectivity index is 2.36. The average molecular weight is 206 g/mol. The maximum absolute atomic E-state index is 11.1. The molecule has 1 unspecified atom stereocenters. The fourth-order valence-corrected chi connectivity index (χ4v) is 1.91. The third-order valence-corrected chi connectivity index (χ3v) is 2.81. The second-order valence-corrected chi connectivity index (χ2v) is 4.18. The molecule has 1 rings (SSSR count). The topological polar surface area (TPSA) is 63.6 Å². The van der Waals surface area contributed by atoms with Crippen LogP contribution in [-0.2, 0) is 20.3 Å². The van der Waals surface area contributed by atoms with Crippen LogP contribution in [0.1, 0.15) is 32.6 Å². The van der Waals surface area contributed by atoms with Crippen molar-refractivity contribution in [1.29, 1.82) is 0 Å². The zero-order valence-electron chi connectivity index (χ0n) is 7.56. The first-order valence-electron chi connectivity index (χ1n) is 4.42. The smallest absolute Gasteiger partial charge is 0.343 e. The summed E-state index contributed by atoms with van der Waals surface area (Å²) in [7, 11) is 0. The van der Waals surface area contributed by atoms with Gasteiger partial charge in [0.1, 0.15) is 0 Å². The van der Waals surface area contributed by atoms with E-state index < -0.39 is 17.3 Å². The number of carbonyl (C=O) groups is 1. The van der Waals surface area contributed by atoms with E-state index in [1.54, 1.807) is 0 Å². The van der Waals surface area contributed by atoms with Gasteiger partial charge in [-0.1, -0.05) is 6.92 Å². The molecule has 4 nitrogen and oxygen atoms in total.